The lowest BCUT2D eigenvalue weighted by Crippen LogP contribution is -2.37. The van der Waals surface area contributed by atoms with E-state index in [1.54, 1.807) is 18.4 Å². The average molecular weight is 313 g/mol. The second kappa shape index (κ2) is 7.18. The minimum Gasteiger partial charge on any atom is -0.448 e. The van der Waals surface area contributed by atoms with Gasteiger partial charge in [-0.1, -0.05) is 36.9 Å². The molecule has 1 aromatic carbocycles. The Morgan fingerprint density at radius 2 is 1.87 bits per heavy atom. The highest BCUT2D eigenvalue weighted by Gasteiger charge is 2.25. The van der Waals surface area contributed by atoms with Gasteiger partial charge in [-0.05, 0) is 44.4 Å². The van der Waals surface area contributed by atoms with Gasteiger partial charge in [0.2, 0.25) is 5.88 Å². The highest BCUT2D eigenvalue weighted by atomic mass is 16.6. The van der Waals surface area contributed by atoms with Gasteiger partial charge >= 0.3 is 6.09 Å². The van der Waals surface area contributed by atoms with Crippen LogP contribution in [0.5, 0.6) is 0 Å². The van der Waals surface area contributed by atoms with Crippen LogP contribution in [-0.4, -0.2) is 18.2 Å². The third-order valence-electron chi connectivity index (χ3n) is 3.21. The minimum absolute atomic E-state index is 0.423. The fourth-order valence-corrected chi connectivity index (χ4v) is 2.10. The zero-order valence-corrected chi connectivity index (χ0v) is 13.9. The van der Waals surface area contributed by atoms with Crippen molar-refractivity contribution in [3.63, 3.8) is 0 Å². The number of anilines is 1. The Bertz CT molecular complexity index is 639. The van der Waals surface area contributed by atoms with Crippen LogP contribution in [0.15, 0.2) is 59.7 Å². The summed E-state index contributed by atoms with van der Waals surface area (Å²) in [6, 6.07) is 13.4. The third-order valence-corrected chi connectivity index (χ3v) is 3.21. The number of furan rings is 1. The highest BCUT2D eigenvalue weighted by molar-refractivity contribution is 5.86. The van der Waals surface area contributed by atoms with E-state index in [2.05, 4.69) is 6.58 Å². The van der Waals surface area contributed by atoms with Crippen molar-refractivity contribution in [2.75, 3.05) is 11.4 Å². The predicted molar refractivity (Wildman–Crippen MR) is 92.4 cm³/mol. The van der Waals surface area contributed by atoms with E-state index in [-0.39, 0.29) is 0 Å². The summed E-state index contributed by atoms with van der Waals surface area (Å²) in [7, 11) is 0. The van der Waals surface area contributed by atoms with Gasteiger partial charge in [-0.3, -0.25) is 0 Å². The number of carbonyl (C=O) groups excluding carboxylic acids is 1. The van der Waals surface area contributed by atoms with E-state index >= 15 is 0 Å². The topological polar surface area (TPSA) is 42.7 Å². The standard InChI is InChI=1S/C19H23NO3/c1-15(16-9-6-5-7-10-16)12-13-20(17-11-8-14-22-17)18(21)23-19(2,3)4/h5-11,14H,1,12-13H2,2-4H3. The van der Waals surface area contributed by atoms with E-state index in [0.29, 0.717) is 18.8 Å². The maximum atomic E-state index is 12.4. The van der Waals surface area contributed by atoms with Crippen LogP contribution in [0.1, 0.15) is 32.8 Å². The smallest absolute Gasteiger partial charge is 0.417 e. The van der Waals surface area contributed by atoms with Gasteiger partial charge in [0, 0.05) is 12.6 Å². The molecule has 0 spiro atoms. The van der Waals surface area contributed by atoms with Crippen molar-refractivity contribution in [3.05, 3.63) is 60.9 Å². The summed E-state index contributed by atoms with van der Waals surface area (Å²) < 4.78 is 10.8. The summed E-state index contributed by atoms with van der Waals surface area (Å²) in [5, 5.41) is 0. The molecule has 2 rings (SSSR count). The Morgan fingerprint density at radius 3 is 2.43 bits per heavy atom. The molecule has 122 valence electrons. The van der Waals surface area contributed by atoms with Crippen LogP contribution in [0, 0.1) is 0 Å². The van der Waals surface area contributed by atoms with Crippen LogP contribution < -0.4 is 4.90 Å². The molecule has 0 N–H and O–H groups in total. The van der Waals surface area contributed by atoms with Gasteiger partial charge in [-0.25, -0.2) is 9.69 Å². The van der Waals surface area contributed by atoms with Gasteiger partial charge in [-0.15, -0.1) is 0 Å². The molecule has 4 heteroatoms. The molecule has 1 heterocycles. The predicted octanol–water partition coefficient (Wildman–Crippen LogP) is 5.12. The van der Waals surface area contributed by atoms with Crippen molar-refractivity contribution in [3.8, 4) is 0 Å². The van der Waals surface area contributed by atoms with E-state index in [1.807, 2.05) is 51.1 Å². The van der Waals surface area contributed by atoms with Crippen LogP contribution >= 0.6 is 0 Å². The molecule has 0 saturated heterocycles. The second-order valence-corrected chi connectivity index (χ2v) is 6.30. The summed E-state index contributed by atoms with van der Waals surface area (Å²) in [4.78, 5) is 13.9. The Balaban J connectivity index is 2.07. The summed E-state index contributed by atoms with van der Waals surface area (Å²) in [6.07, 6.45) is 1.75. The Kier molecular flexibility index (Phi) is 5.27. The van der Waals surface area contributed by atoms with Crippen molar-refractivity contribution < 1.29 is 13.9 Å². The molecule has 0 aliphatic rings. The van der Waals surface area contributed by atoms with Crippen molar-refractivity contribution in [1.29, 1.82) is 0 Å². The molecule has 23 heavy (non-hydrogen) atoms. The maximum absolute atomic E-state index is 12.4. The molecule has 4 nitrogen and oxygen atoms in total. The molecule has 0 atom stereocenters. The first kappa shape index (κ1) is 16.9. The van der Waals surface area contributed by atoms with Gasteiger partial charge in [0.05, 0.1) is 6.26 Å². The number of benzene rings is 1. The second-order valence-electron chi connectivity index (χ2n) is 6.30. The summed E-state index contributed by atoms with van der Waals surface area (Å²) in [6.45, 7) is 10.1. The summed E-state index contributed by atoms with van der Waals surface area (Å²) in [5.41, 5.74) is 1.47. The van der Waals surface area contributed by atoms with Crippen molar-refractivity contribution >= 4 is 17.6 Å². The normalized spacial score (nSPS) is 11.1. The van der Waals surface area contributed by atoms with Gasteiger partial charge < -0.3 is 9.15 Å². The molecule has 0 bridgehead atoms. The zero-order chi connectivity index (χ0) is 16.9. The monoisotopic (exact) mass is 313 g/mol. The molecular formula is C19H23NO3. The summed E-state index contributed by atoms with van der Waals surface area (Å²) >= 11 is 0. The van der Waals surface area contributed by atoms with Gasteiger partial charge in [0.15, 0.2) is 0 Å². The highest BCUT2D eigenvalue weighted by Crippen LogP contribution is 2.22. The molecule has 0 aliphatic heterocycles. The number of ether oxygens (including phenoxy) is 1. The van der Waals surface area contributed by atoms with E-state index in [1.165, 1.54) is 4.90 Å². The number of carbonyl (C=O) groups is 1. The van der Waals surface area contributed by atoms with E-state index in [9.17, 15) is 4.79 Å². The van der Waals surface area contributed by atoms with E-state index in [4.69, 9.17) is 9.15 Å². The van der Waals surface area contributed by atoms with Crippen molar-refractivity contribution in [2.24, 2.45) is 0 Å². The van der Waals surface area contributed by atoms with Crippen LogP contribution in [0.4, 0.5) is 10.7 Å². The van der Waals surface area contributed by atoms with Crippen LogP contribution in [0.2, 0.25) is 0 Å². The molecule has 0 aliphatic carbocycles. The van der Waals surface area contributed by atoms with Crippen molar-refractivity contribution in [1.82, 2.24) is 0 Å². The fraction of sp³-hybridized carbons (Fsp3) is 0.316. The first-order chi connectivity index (χ1) is 10.9. The van der Waals surface area contributed by atoms with Crippen molar-refractivity contribution in [2.45, 2.75) is 32.8 Å². The Labute approximate surface area is 137 Å². The molecule has 1 amide bonds. The molecule has 0 radical (unpaired) electrons. The minimum atomic E-state index is -0.557. The SMILES string of the molecule is C=C(CCN(C(=O)OC(C)(C)C)c1ccco1)c1ccccc1. The summed E-state index contributed by atoms with van der Waals surface area (Å²) in [5.74, 6) is 0.472. The number of hydrogen-bond donors (Lipinski definition) is 0. The maximum Gasteiger partial charge on any atom is 0.417 e. The van der Waals surface area contributed by atoms with Crippen LogP contribution in [0.3, 0.4) is 0 Å². The number of hydrogen-bond acceptors (Lipinski definition) is 3. The van der Waals surface area contributed by atoms with Gasteiger partial charge in [0.25, 0.3) is 0 Å². The third kappa shape index (κ3) is 5.02. The number of nitrogens with zero attached hydrogens (tertiary/aromatic N) is 1. The molecule has 2 aromatic rings. The molecule has 1 aromatic heterocycles. The molecule has 0 fully saturated rings. The van der Waals surface area contributed by atoms with Gasteiger partial charge in [0.1, 0.15) is 5.60 Å². The van der Waals surface area contributed by atoms with Crippen LogP contribution in [0.25, 0.3) is 5.57 Å². The lowest BCUT2D eigenvalue weighted by atomic mass is 10.0. The first-order valence-electron chi connectivity index (χ1n) is 7.64. The Morgan fingerprint density at radius 1 is 1.17 bits per heavy atom. The van der Waals surface area contributed by atoms with E-state index < -0.39 is 11.7 Å². The first-order valence-corrected chi connectivity index (χ1v) is 7.64. The quantitative estimate of drug-likeness (QED) is 0.769. The lowest BCUT2D eigenvalue weighted by molar-refractivity contribution is 0.0575. The largest absolute Gasteiger partial charge is 0.448 e. The zero-order valence-electron chi connectivity index (χ0n) is 13.9. The fourth-order valence-electron chi connectivity index (χ4n) is 2.10. The Hall–Kier alpha value is -2.49. The van der Waals surface area contributed by atoms with Gasteiger partial charge in [-0.2, -0.15) is 0 Å². The number of rotatable bonds is 5. The van der Waals surface area contributed by atoms with Crippen LogP contribution in [-0.2, 0) is 4.74 Å². The van der Waals surface area contributed by atoms with E-state index in [0.717, 1.165) is 11.1 Å². The molecular weight excluding hydrogens is 290 g/mol. The molecule has 0 saturated carbocycles. The number of amides is 1. The molecule has 0 unspecified atom stereocenters. The average Bonchev–Trinajstić information content (AvgIpc) is 3.00. The lowest BCUT2D eigenvalue weighted by Gasteiger charge is -2.26.